The second kappa shape index (κ2) is 7.61. The van der Waals surface area contributed by atoms with Crippen molar-refractivity contribution in [2.45, 2.75) is 32.9 Å². The molecule has 1 aliphatic rings. The van der Waals surface area contributed by atoms with Gasteiger partial charge in [-0.25, -0.2) is 4.79 Å². The van der Waals surface area contributed by atoms with Crippen LogP contribution in [0.15, 0.2) is 24.3 Å². The lowest BCUT2D eigenvalue weighted by molar-refractivity contribution is 0.0742. The molecular formula is C17H24IN3O2. The van der Waals surface area contributed by atoms with Crippen molar-refractivity contribution in [3.63, 3.8) is 0 Å². The molecule has 0 unspecified atom stereocenters. The summed E-state index contributed by atoms with van der Waals surface area (Å²) in [5.74, 6) is 0. The lowest BCUT2D eigenvalue weighted by atomic mass is 10.1. The molecule has 0 aromatic heterocycles. The Kier molecular flexibility index (Phi) is 6.02. The first-order chi connectivity index (χ1) is 10.8. The third-order valence-electron chi connectivity index (χ3n) is 4.14. The summed E-state index contributed by atoms with van der Waals surface area (Å²) >= 11 is 1.77. The van der Waals surface area contributed by atoms with E-state index in [-0.39, 0.29) is 15.4 Å². The van der Waals surface area contributed by atoms with Gasteiger partial charge in [0.2, 0.25) is 3.79 Å². The zero-order valence-corrected chi connectivity index (χ0v) is 16.1. The fourth-order valence-corrected chi connectivity index (χ4v) is 2.98. The van der Waals surface area contributed by atoms with Crippen molar-refractivity contribution >= 4 is 32.4 Å². The van der Waals surface area contributed by atoms with E-state index in [2.05, 4.69) is 31.0 Å². The number of urea groups is 1. The molecule has 0 saturated carbocycles. The number of halogens is 1. The Morgan fingerprint density at radius 3 is 2.13 bits per heavy atom. The number of carbonyl (C=O) groups excluding carboxylic acids is 2. The Hall–Kier alpha value is -1.15. The molecule has 1 fully saturated rings. The minimum atomic E-state index is -0.0207. The Labute approximate surface area is 151 Å². The summed E-state index contributed by atoms with van der Waals surface area (Å²) in [6, 6.07) is 7.32. The predicted octanol–water partition coefficient (Wildman–Crippen LogP) is 2.89. The molecule has 126 valence electrons. The van der Waals surface area contributed by atoms with Crippen LogP contribution < -0.4 is 5.32 Å². The molecule has 0 atom stereocenters. The zero-order chi connectivity index (χ0) is 17.0. The highest BCUT2D eigenvalue weighted by Crippen LogP contribution is 2.16. The molecular weight excluding hydrogens is 405 g/mol. The van der Waals surface area contributed by atoms with Crippen molar-refractivity contribution < 1.29 is 9.59 Å². The molecule has 1 aromatic rings. The molecule has 2 rings (SSSR count). The van der Waals surface area contributed by atoms with Crippen LogP contribution in [0.25, 0.3) is 0 Å². The maximum absolute atomic E-state index is 12.2. The van der Waals surface area contributed by atoms with Gasteiger partial charge in [0, 0.05) is 66.4 Å². The van der Waals surface area contributed by atoms with E-state index in [0.29, 0.717) is 12.1 Å². The minimum Gasteiger partial charge on any atom is -0.334 e. The molecule has 0 radical (unpaired) electrons. The summed E-state index contributed by atoms with van der Waals surface area (Å²) in [6.07, 6.45) is 0. The van der Waals surface area contributed by atoms with E-state index < -0.39 is 0 Å². The second-order valence-electron chi connectivity index (χ2n) is 6.77. The lowest BCUT2D eigenvalue weighted by Gasteiger charge is -2.42. The number of hydrogen-bond acceptors (Lipinski definition) is 3. The maximum Gasteiger partial charge on any atom is 0.317 e. The molecule has 1 aromatic carbocycles. The molecule has 0 aliphatic carbocycles. The van der Waals surface area contributed by atoms with Crippen molar-refractivity contribution in [2.75, 3.05) is 26.2 Å². The molecule has 5 nitrogen and oxygen atoms in total. The third-order valence-corrected chi connectivity index (χ3v) is 4.76. The van der Waals surface area contributed by atoms with Crippen LogP contribution in [0, 0.1) is 0 Å². The Balaban J connectivity index is 1.80. The summed E-state index contributed by atoms with van der Waals surface area (Å²) < 4.78 is 0.0231. The van der Waals surface area contributed by atoms with Gasteiger partial charge in [-0.2, -0.15) is 0 Å². The summed E-state index contributed by atoms with van der Waals surface area (Å²) in [5, 5.41) is 2.95. The van der Waals surface area contributed by atoms with E-state index in [1.54, 1.807) is 34.7 Å². The van der Waals surface area contributed by atoms with Crippen molar-refractivity contribution in [3.8, 4) is 0 Å². The first-order valence-corrected chi connectivity index (χ1v) is 8.92. The van der Waals surface area contributed by atoms with E-state index in [1.165, 1.54) is 0 Å². The smallest absolute Gasteiger partial charge is 0.317 e. The van der Waals surface area contributed by atoms with Crippen molar-refractivity contribution in [1.29, 1.82) is 0 Å². The summed E-state index contributed by atoms with van der Waals surface area (Å²) in [7, 11) is 0. The van der Waals surface area contributed by atoms with Gasteiger partial charge in [-0.15, -0.1) is 0 Å². The Morgan fingerprint density at radius 1 is 1.09 bits per heavy atom. The van der Waals surface area contributed by atoms with Crippen LogP contribution in [0.3, 0.4) is 0 Å². The van der Waals surface area contributed by atoms with Gasteiger partial charge in [0.1, 0.15) is 0 Å². The van der Waals surface area contributed by atoms with Crippen LogP contribution in [0.4, 0.5) is 4.79 Å². The van der Waals surface area contributed by atoms with Gasteiger partial charge >= 0.3 is 6.03 Å². The minimum absolute atomic E-state index is 0.0207. The van der Waals surface area contributed by atoms with Gasteiger partial charge < -0.3 is 10.2 Å². The topological polar surface area (TPSA) is 52.6 Å². The maximum atomic E-state index is 12.2. The number of benzene rings is 1. The molecule has 6 heteroatoms. The van der Waals surface area contributed by atoms with Gasteiger partial charge in [0.25, 0.3) is 0 Å². The van der Waals surface area contributed by atoms with Gasteiger partial charge in [-0.05, 0) is 26.3 Å². The third kappa shape index (κ3) is 5.17. The molecule has 1 saturated heterocycles. The highest BCUT2D eigenvalue weighted by Gasteiger charge is 2.27. The van der Waals surface area contributed by atoms with Crippen LogP contribution in [0.2, 0.25) is 0 Å². The van der Waals surface area contributed by atoms with E-state index in [4.69, 9.17) is 0 Å². The van der Waals surface area contributed by atoms with Crippen LogP contribution in [-0.2, 0) is 6.54 Å². The quantitative estimate of drug-likeness (QED) is 0.594. The zero-order valence-electron chi connectivity index (χ0n) is 13.9. The number of piperazine rings is 1. The summed E-state index contributed by atoms with van der Waals surface area (Å²) in [6.45, 7) is 10.4. The molecule has 1 heterocycles. The Morgan fingerprint density at radius 2 is 1.65 bits per heavy atom. The summed E-state index contributed by atoms with van der Waals surface area (Å²) in [5.41, 5.74) is 1.83. The summed E-state index contributed by atoms with van der Waals surface area (Å²) in [4.78, 5) is 27.7. The largest absolute Gasteiger partial charge is 0.334 e. The van der Waals surface area contributed by atoms with Crippen molar-refractivity contribution in [3.05, 3.63) is 35.4 Å². The van der Waals surface area contributed by atoms with Crippen LogP contribution in [-0.4, -0.2) is 51.3 Å². The van der Waals surface area contributed by atoms with E-state index in [1.807, 2.05) is 17.0 Å². The number of nitrogens with one attached hydrogen (secondary N) is 1. The monoisotopic (exact) mass is 429 g/mol. The lowest BCUT2D eigenvalue weighted by Crippen LogP contribution is -2.56. The van der Waals surface area contributed by atoms with Crippen LogP contribution in [0.5, 0.6) is 0 Å². The van der Waals surface area contributed by atoms with Gasteiger partial charge in [0.05, 0.1) is 0 Å². The SMILES string of the molecule is CC(C)(C)N1CCN(C(=O)NCc2ccc(C(=O)I)cc2)CC1. The fourth-order valence-electron chi connectivity index (χ4n) is 2.62. The molecule has 0 bridgehead atoms. The second-order valence-corrected chi connectivity index (χ2v) is 7.75. The fraction of sp³-hybridized carbons (Fsp3) is 0.529. The van der Waals surface area contributed by atoms with Gasteiger partial charge in [-0.3, -0.25) is 9.69 Å². The average Bonchev–Trinajstić information content (AvgIpc) is 2.52. The Bertz CT molecular complexity index is 558. The standard InChI is InChI=1S/C17H24IN3O2/c1-17(2,3)21-10-8-20(9-11-21)16(23)19-12-13-4-6-14(7-5-13)15(18)22/h4-7H,8-12H2,1-3H3,(H,19,23). The van der Waals surface area contributed by atoms with Gasteiger partial charge in [-0.1, -0.05) is 24.3 Å². The van der Waals surface area contributed by atoms with Crippen LogP contribution >= 0.6 is 22.6 Å². The average molecular weight is 429 g/mol. The van der Waals surface area contributed by atoms with E-state index in [0.717, 1.165) is 31.7 Å². The van der Waals surface area contributed by atoms with Gasteiger partial charge in [0.15, 0.2) is 0 Å². The van der Waals surface area contributed by atoms with Crippen LogP contribution in [0.1, 0.15) is 36.7 Å². The van der Waals surface area contributed by atoms with E-state index >= 15 is 0 Å². The molecule has 2 amide bonds. The molecule has 23 heavy (non-hydrogen) atoms. The molecule has 1 aliphatic heterocycles. The highest BCUT2D eigenvalue weighted by molar-refractivity contribution is 14.1. The van der Waals surface area contributed by atoms with Crippen molar-refractivity contribution in [2.24, 2.45) is 0 Å². The first kappa shape index (κ1) is 18.2. The molecule has 0 spiro atoms. The number of hydrogen-bond donors (Lipinski definition) is 1. The van der Waals surface area contributed by atoms with Crippen molar-refractivity contribution in [1.82, 2.24) is 15.1 Å². The first-order valence-electron chi connectivity index (χ1n) is 7.84. The molecule has 1 N–H and O–H groups in total. The number of amides is 2. The highest BCUT2D eigenvalue weighted by atomic mass is 127. The normalized spacial score (nSPS) is 16.3. The predicted molar refractivity (Wildman–Crippen MR) is 99.9 cm³/mol. The number of rotatable bonds is 3. The number of nitrogens with zero attached hydrogens (tertiary/aromatic N) is 2. The number of carbonyl (C=O) groups is 2. The van der Waals surface area contributed by atoms with E-state index in [9.17, 15) is 9.59 Å².